The highest BCUT2D eigenvalue weighted by molar-refractivity contribution is 6.16. The molecule has 0 spiro atoms. The Morgan fingerprint density at radius 2 is 1.72 bits per heavy atom. The monoisotopic (exact) mass is 334 g/mol. The number of amides is 1. The zero-order valence-electron chi connectivity index (χ0n) is 13.7. The first-order valence-electron chi connectivity index (χ1n) is 7.88. The number of aliphatic hydroxyl groups excluding tert-OH is 1. The van der Waals surface area contributed by atoms with E-state index < -0.39 is 5.91 Å². The number of phenolic OH excluding ortho intramolecular Hbond substituents is 1. The van der Waals surface area contributed by atoms with Crippen LogP contribution in [-0.4, -0.2) is 22.3 Å². The largest absolute Gasteiger partial charge is 0.508 e. The van der Waals surface area contributed by atoms with Crippen LogP contribution in [0.5, 0.6) is 5.75 Å². The summed E-state index contributed by atoms with van der Waals surface area (Å²) >= 11 is 0. The first kappa shape index (κ1) is 16.5. The van der Waals surface area contributed by atoms with Crippen molar-refractivity contribution in [2.75, 3.05) is 0 Å². The summed E-state index contributed by atoms with van der Waals surface area (Å²) in [5, 5.41) is 22.2. The maximum absolute atomic E-state index is 12.1. The number of nitrogens with zero attached hydrogens (tertiary/aromatic N) is 1. The highest BCUT2D eigenvalue weighted by Crippen LogP contribution is 2.22. The van der Waals surface area contributed by atoms with E-state index >= 15 is 0 Å². The van der Waals surface area contributed by atoms with Crippen molar-refractivity contribution in [1.29, 1.82) is 0 Å². The molecule has 3 rings (SSSR count). The topological polar surface area (TPSA) is 81.9 Å². The van der Waals surface area contributed by atoms with E-state index in [9.17, 15) is 15.0 Å². The van der Waals surface area contributed by atoms with E-state index in [0.29, 0.717) is 5.70 Å². The molecule has 0 unspecified atom stereocenters. The third-order valence-electron chi connectivity index (χ3n) is 3.92. The van der Waals surface area contributed by atoms with Crippen molar-refractivity contribution in [3.05, 3.63) is 82.8 Å². The molecule has 1 amide bonds. The number of hydrogen-bond acceptors (Lipinski definition) is 4. The Morgan fingerprint density at radius 1 is 1.04 bits per heavy atom. The molecule has 3 N–H and O–H groups in total. The van der Waals surface area contributed by atoms with Crippen molar-refractivity contribution in [3.63, 3.8) is 0 Å². The summed E-state index contributed by atoms with van der Waals surface area (Å²) in [6.45, 7) is 1.92. The summed E-state index contributed by atoms with van der Waals surface area (Å²) in [5.41, 5.74) is 2.21. The van der Waals surface area contributed by atoms with Crippen LogP contribution in [0.1, 0.15) is 24.1 Å². The lowest BCUT2D eigenvalue weighted by molar-refractivity contribution is -0.115. The summed E-state index contributed by atoms with van der Waals surface area (Å²) in [7, 11) is 0. The average Bonchev–Trinajstić information content (AvgIpc) is 2.89. The van der Waals surface area contributed by atoms with E-state index in [1.54, 1.807) is 18.2 Å². The molecule has 2 aromatic carbocycles. The SMILES string of the molecule is C[C@H](N=CC1=C(O)/C(=C/c2ccc(O)cc2)NC1=O)c1ccccc1. The lowest BCUT2D eigenvalue weighted by atomic mass is 10.1. The highest BCUT2D eigenvalue weighted by atomic mass is 16.3. The Kier molecular flexibility index (Phi) is 4.66. The van der Waals surface area contributed by atoms with Gasteiger partial charge in [-0.15, -0.1) is 0 Å². The number of aromatic hydroxyl groups is 1. The first-order chi connectivity index (χ1) is 12.0. The Morgan fingerprint density at radius 3 is 2.40 bits per heavy atom. The minimum absolute atomic E-state index is 0.126. The van der Waals surface area contributed by atoms with Crippen molar-refractivity contribution >= 4 is 18.2 Å². The van der Waals surface area contributed by atoms with Crippen molar-refractivity contribution in [3.8, 4) is 5.75 Å². The normalized spacial score (nSPS) is 17.3. The summed E-state index contributed by atoms with van der Waals surface area (Å²) in [6, 6.07) is 16.0. The molecule has 25 heavy (non-hydrogen) atoms. The molecule has 126 valence electrons. The van der Waals surface area contributed by atoms with Crippen LogP contribution in [0.2, 0.25) is 0 Å². The van der Waals surface area contributed by atoms with Gasteiger partial charge < -0.3 is 15.5 Å². The molecule has 2 aromatic rings. The Bertz CT molecular complexity index is 866. The van der Waals surface area contributed by atoms with Gasteiger partial charge in [-0.2, -0.15) is 0 Å². The molecule has 0 saturated heterocycles. The molecular formula is C20H18N2O3. The van der Waals surface area contributed by atoms with Gasteiger partial charge in [-0.25, -0.2) is 0 Å². The maximum atomic E-state index is 12.1. The van der Waals surface area contributed by atoms with Crippen LogP contribution in [0.4, 0.5) is 0 Å². The highest BCUT2D eigenvalue weighted by Gasteiger charge is 2.25. The summed E-state index contributed by atoms with van der Waals surface area (Å²) in [4.78, 5) is 16.5. The van der Waals surface area contributed by atoms with Crippen LogP contribution < -0.4 is 5.32 Å². The molecule has 1 aliphatic rings. The van der Waals surface area contributed by atoms with Crippen molar-refractivity contribution < 1.29 is 15.0 Å². The third-order valence-corrected chi connectivity index (χ3v) is 3.92. The van der Waals surface area contributed by atoms with E-state index in [1.807, 2.05) is 37.3 Å². The van der Waals surface area contributed by atoms with Crippen LogP contribution in [0.3, 0.4) is 0 Å². The molecule has 0 fully saturated rings. The van der Waals surface area contributed by atoms with Gasteiger partial charge in [-0.05, 0) is 36.3 Å². The molecule has 0 aliphatic carbocycles. The fourth-order valence-corrected chi connectivity index (χ4v) is 2.47. The second-order valence-corrected chi connectivity index (χ2v) is 5.73. The fourth-order valence-electron chi connectivity index (χ4n) is 2.47. The van der Waals surface area contributed by atoms with Crippen molar-refractivity contribution in [1.82, 2.24) is 5.32 Å². The number of carbonyl (C=O) groups excluding carboxylic acids is 1. The molecule has 0 radical (unpaired) electrons. The third kappa shape index (κ3) is 3.77. The number of aliphatic hydroxyl groups is 1. The zero-order valence-corrected chi connectivity index (χ0v) is 13.7. The number of benzene rings is 2. The van der Waals surface area contributed by atoms with E-state index in [-0.39, 0.29) is 23.1 Å². The molecule has 5 heteroatoms. The van der Waals surface area contributed by atoms with Gasteiger partial charge in [-0.1, -0.05) is 42.5 Å². The second-order valence-electron chi connectivity index (χ2n) is 5.73. The molecule has 1 heterocycles. The molecule has 5 nitrogen and oxygen atoms in total. The number of rotatable bonds is 4. The molecule has 0 aromatic heterocycles. The quantitative estimate of drug-likeness (QED) is 0.748. The Hall–Kier alpha value is -3.34. The van der Waals surface area contributed by atoms with Crippen LogP contribution in [0.25, 0.3) is 6.08 Å². The lowest BCUT2D eigenvalue weighted by Crippen LogP contribution is -2.16. The predicted molar refractivity (Wildman–Crippen MR) is 97.2 cm³/mol. The summed E-state index contributed by atoms with van der Waals surface area (Å²) in [6.07, 6.45) is 3.04. The summed E-state index contributed by atoms with van der Waals surface area (Å²) < 4.78 is 0. The van der Waals surface area contributed by atoms with Crippen LogP contribution in [0.15, 0.2) is 76.6 Å². The van der Waals surface area contributed by atoms with Gasteiger partial charge in [0.05, 0.1) is 11.7 Å². The number of phenols is 1. The standard InChI is InChI=1S/C20H18N2O3/c1-13(15-5-3-2-4-6-15)21-12-17-19(24)18(22-20(17)25)11-14-7-9-16(23)10-8-14/h2-13,23-24H,1H3,(H,22,25)/b18-11-,21-12?/t13-/m0/s1. The van der Waals surface area contributed by atoms with Gasteiger partial charge >= 0.3 is 0 Å². The maximum Gasteiger partial charge on any atom is 0.261 e. The minimum atomic E-state index is -0.397. The van der Waals surface area contributed by atoms with Crippen LogP contribution in [0, 0.1) is 0 Å². The van der Waals surface area contributed by atoms with Gasteiger partial charge in [0.15, 0.2) is 5.76 Å². The molecule has 1 aliphatic heterocycles. The van der Waals surface area contributed by atoms with Crippen molar-refractivity contribution in [2.45, 2.75) is 13.0 Å². The molecule has 0 saturated carbocycles. The number of carbonyl (C=O) groups is 1. The molecular weight excluding hydrogens is 316 g/mol. The van der Waals surface area contributed by atoms with E-state index in [2.05, 4.69) is 10.3 Å². The van der Waals surface area contributed by atoms with Gasteiger partial charge in [-0.3, -0.25) is 9.79 Å². The van der Waals surface area contributed by atoms with E-state index in [1.165, 1.54) is 18.3 Å². The fraction of sp³-hybridized carbons (Fsp3) is 0.100. The predicted octanol–water partition coefficient (Wildman–Crippen LogP) is 3.51. The molecule has 1 atom stereocenters. The van der Waals surface area contributed by atoms with E-state index in [4.69, 9.17) is 0 Å². The Balaban J connectivity index is 1.83. The smallest absolute Gasteiger partial charge is 0.261 e. The van der Waals surface area contributed by atoms with Gasteiger partial charge in [0.1, 0.15) is 11.3 Å². The Labute approximate surface area is 145 Å². The number of nitrogens with one attached hydrogen (secondary N) is 1. The summed E-state index contributed by atoms with van der Waals surface area (Å²) in [5.74, 6) is -0.381. The molecule has 0 bridgehead atoms. The van der Waals surface area contributed by atoms with Gasteiger partial charge in [0, 0.05) is 6.21 Å². The zero-order chi connectivity index (χ0) is 17.8. The van der Waals surface area contributed by atoms with Crippen molar-refractivity contribution in [2.24, 2.45) is 4.99 Å². The minimum Gasteiger partial charge on any atom is -0.508 e. The van der Waals surface area contributed by atoms with Crippen LogP contribution >= 0.6 is 0 Å². The lowest BCUT2D eigenvalue weighted by Gasteiger charge is -2.05. The van der Waals surface area contributed by atoms with Gasteiger partial charge in [0.25, 0.3) is 5.91 Å². The second kappa shape index (κ2) is 7.05. The first-order valence-corrected chi connectivity index (χ1v) is 7.88. The van der Waals surface area contributed by atoms with Crippen LogP contribution in [-0.2, 0) is 4.79 Å². The number of aliphatic imine (C=N–C) groups is 1. The average molecular weight is 334 g/mol. The number of hydrogen-bond donors (Lipinski definition) is 3. The van der Waals surface area contributed by atoms with Gasteiger partial charge in [0.2, 0.25) is 0 Å². The van der Waals surface area contributed by atoms with E-state index in [0.717, 1.165) is 11.1 Å².